The van der Waals surface area contributed by atoms with Crippen molar-refractivity contribution in [1.29, 1.82) is 0 Å². The van der Waals surface area contributed by atoms with Gasteiger partial charge in [-0.1, -0.05) is 12.7 Å². The molecular formula is C15H13NO6. The van der Waals surface area contributed by atoms with Gasteiger partial charge < -0.3 is 19.4 Å². The maximum Gasteiger partial charge on any atom is 0.341 e. The number of carbonyl (C=O) groups is 1. The number of nitrogens with zero attached hydrogens (tertiary/aromatic N) is 1. The molecule has 22 heavy (non-hydrogen) atoms. The zero-order chi connectivity index (χ0) is 15.7. The summed E-state index contributed by atoms with van der Waals surface area (Å²) >= 11 is 0. The van der Waals surface area contributed by atoms with Crippen molar-refractivity contribution in [3.05, 3.63) is 52.3 Å². The van der Waals surface area contributed by atoms with Gasteiger partial charge in [0.05, 0.1) is 23.7 Å². The molecule has 0 spiro atoms. The molecule has 1 aromatic carbocycles. The minimum Gasteiger partial charge on any atom is -0.477 e. The highest BCUT2D eigenvalue weighted by atomic mass is 16.7. The number of aromatic nitrogens is 1. The van der Waals surface area contributed by atoms with Gasteiger partial charge in [0.1, 0.15) is 17.9 Å². The van der Waals surface area contributed by atoms with E-state index in [-0.39, 0.29) is 31.0 Å². The molecule has 3 rings (SSSR count). The number of rotatable bonds is 4. The van der Waals surface area contributed by atoms with Gasteiger partial charge >= 0.3 is 5.97 Å². The summed E-state index contributed by atoms with van der Waals surface area (Å²) in [4.78, 5) is 29.2. The molecule has 0 saturated carbocycles. The third-order valence-electron chi connectivity index (χ3n) is 3.31. The van der Waals surface area contributed by atoms with Crippen molar-refractivity contribution in [2.45, 2.75) is 6.61 Å². The number of carboxylic acid groups (broad SMARTS) is 1. The lowest BCUT2D eigenvalue weighted by Gasteiger charge is -2.20. The Hall–Kier alpha value is -2.80. The number of benzene rings is 1. The van der Waals surface area contributed by atoms with E-state index in [0.717, 1.165) is 6.20 Å². The Labute approximate surface area is 124 Å². The molecule has 114 valence electrons. The van der Waals surface area contributed by atoms with E-state index in [1.807, 2.05) is 0 Å². The van der Waals surface area contributed by atoms with Gasteiger partial charge in [-0.15, -0.1) is 0 Å². The average Bonchev–Trinajstić information content (AvgIpc) is 2.53. The predicted octanol–water partition coefficient (Wildman–Crippen LogP) is 1.18. The van der Waals surface area contributed by atoms with Crippen molar-refractivity contribution < 1.29 is 24.2 Å². The Balaban J connectivity index is 2.36. The molecule has 0 atom stereocenters. The van der Waals surface area contributed by atoms with Gasteiger partial charge in [-0.3, -0.25) is 4.79 Å². The number of carboxylic acids is 1. The zero-order valence-corrected chi connectivity index (χ0v) is 11.6. The summed E-state index contributed by atoms with van der Waals surface area (Å²) in [7, 11) is 0. The SMILES string of the molecule is C=CCOn1cc(C(=O)O)c(=O)c2c3c(ccc21)OCOC3. The van der Waals surface area contributed by atoms with Crippen LogP contribution in [0.3, 0.4) is 0 Å². The smallest absolute Gasteiger partial charge is 0.341 e. The van der Waals surface area contributed by atoms with Crippen LogP contribution in [0, 0.1) is 0 Å². The topological polar surface area (TPSA) is 87.0 Å². The van der Waals surface area contributed by atoms with Crippen LogP contribution in [0.5, 0.6) is 5.75 Å². The second-order valence-corrected chi connectivity index (χ2v) is 4.63. The fraction of sp³-hybridized carbons (Fsp3) is 0.200. The molecule has 2 heterocycles. The van der Waals surface area contributed by atoms with Crippen molar-refractivity contribution in [3.8, 4) is 5.75 Å². The quantitative estimate of drug-likeness (QED) is 0.854. The third-order valence-corrected chi connectivity index (χ3v) is 3.31. The molecule has 0 aliphatic carbocycles. The summed E-state index contributed by atoms with van der Waals surface area (Å²) in [5.41, 5.74) is -0.0000539. The predicted molar refractivity (Wildman–Crippen MR) is 77.1 cm³/mol. The molecule has 1 aliphatic rings. The van der Waals surface area contributed by atoms with Gasteiger partial charge in [-0.25, -0.2) is 4.79 Å². The first-order valence-electron chi connectivity index (χ1n) is 6.52. The summed E-state index contributed by atoms with van der Waals surface area (Å²) in [6.07, 6.45) is 2.68. The molecule has 1 aromatic heterocycles. The van der Waals surface area contributed by atoms with Crippen molar-refractivity contribution in [1.82, 2.24) is 4.73 Å². The Morgan fingerprint density at radius 3 is 3.05 bits per heavy atom. The minimum absolute atomic E-state index is 0.0955. The van der Waals surface area contributed by atoms with Gasteiger partial charge in [-0.05, 0) is 12.1 Å². The summed E-state index contributed by atoms with van der Waals surface area (Å²) < 4.78 is 11.8. The first kappa shape index (κ1) is 14.2. The average molecular weight is 303 g/mol. The molecule has 0 amide bonds. The molecule has 1 aliphatic heterocycles. The third kappa shape index (κ3) is 2.21. The van der Waals surface area contributed by atoms with Crippen LogP contribution in [0.15, 0.2) is 35.8 Å². The number of fused-ring (bicyclic) bond motifs is 3. The number of ether oxygens (including phenoxy) is 2. The summed E-state index contributed by atoms with van der Waals surface area (Å²) in [6, 6.07) is 3.35. The van der Waals surface area contributed by atoms with Crippen molar-refractivity contribution in [2.24, 2.45) is 0 Å². The first-order valence-corrected chi connectivity index (χ1v) is 6.52. The maximum absolute atomic E-state index is 12.5. The van der Waals surface area contributed by atoms with E-state index in [0.29, 0.717) is 16.8 Å². The fourth-order valence-electron chi connectivity index (χ4n) is 2.35. The largest absolute Gasteiger partial charge is 0.477 e. The molecule has 0 fully saturated rings. The van der Waals surface area contributed by atoms with Gasteiger partial charge in [0.15, 0.2) is 6.79 Å². The van der Waals surface area contributed by atoms with E-state index < -0.39 is 11.4 Å². The van der Waals surface area contributed by atoms with E-state index >= 15 is 0 Å². The molecule has 0 bridgehead atoms. The summed E-state index contributed by atoms with van der Waals surface area (Å²) in [6.45, 7) is 3.98. The first-order chi connectivity index (χ1) is 10.6. The molecule has 2 aromatic rings. The number of aromatic carboxylic acids is 1. The van der Waals surface area contributed by atoms with Crippen LogP contribution in [0.4, 0.5) is 0 Å². The van der Waals surface area contributed by atoms with Crippen molar-refractivity contribution >= 4 is 16.9 Å². The highest BCUT2D eigenvalue weighted by molar-refractivity contribution is 5.94. The molecule has 7 nitrogen and oxygen atoms in total. The van der Waals surface area contributed by atoms with E-state index in [1.165, 1.54) is 10.8 Å². The Morgan fingerprint density at radius 1 is 1.50 bits per heavy atom. The van der Waals surface area contributed by atoms with E-state index in [4.69, 9.17) is 14.3 Å². The Bertz CT molecular complexity index is 823. The van der Waals surface area contributed by atoms with Gasteiger partial charge in [0.25, 0.3) is 0 Å². The monoisotopic (exact) mass is 303 g/mol. The highest BCUT2D eigenvalue weighted by Crippen LogP contribution is 2.29. The minimum atomic E-state index is -1.32. The van der Waals surface area contributed by atoms with Crippen LogP contribution in [0.25, 0.3) is 10.9 Å². The van der Waals surface area contributed by atoms with Crippen LogP contribution in [-0.4, -0.2) is 29.2 Å². The number of hydrogen-bond acceptors (Lipinski definition) is 5. The number of hydrogen-bond donors (Lipinski definition) is 1. The van der Waals surface area contributed by atoms with E-state index in [9.17, 15) is 14.7 Å². The molecular weight excluding hydrogens is 290 g/mol. The van der Waals surface area contributed by atoms with Crippen LogP contribution < -0.4 is 15.0 Å². The van der Waals surface area contributed by atoms with Gasteiger partial charge in [-0.2, -0.15) is 4.73 Å². The highest BCUT2D eigenvalue weighted by Gasteiger charge is 2.22. The second kappa shape index (κ2) is 5.53. The molecule has 0 saturated heterocycles. The van der Waals surface area contributed by atoms with E-state index in [1.54, 1.807) is 12.1 Å². The molecule has 0 radical (unpaired) electrons. The summed E-state index contributed by atoms with van der Waals surface area (Å²) in [5, 5.41) is 9.45. The number of pyridine rings is 1. The zero-order valence-electron chi connectivity index (χ0n) is 11.6. The lowest BCUT2D eigenvalue weighted by atomic mass is 10.0. The van der Waals surface area contributed by atoms with Gasteiger partial charge in [0.2, 0.25) is 5.43 Å². The van der Waals surface area contributed by atoms with Crippen LogP contribution >= 0.6 is 0 Å². The standard InChI is InChI=1S/C15H13NO6/c1-2-5-22-16-6-9(15(18)19)14(17)13-10-7-20-8-21-12(10)4-3-11(13)16/h2-4,6H,1,5,7-8H2,(H,18,19). The maximum atomic E-state index is 12.5. The Morgan fingerprint density at radius 2 is 2.32 bits per heavy atom. The lowest BCUT2D eigenvalue weighted by molar-refractivity contribution is -0.0155. The van der Waals surface area contributed by atoms with Crippen molar-refractivity contribution in [2.75, 3.05) is 13.4 Å². The normalized spacial score (nSPS) is 13.3. The fourth-order valence-corrected chi connectivity index (χ4v) is 2.35. The molecule has 0 unspecified atom stereocenters. The second-order valence-electron chi connectivity index (χ2n) is 4.63. The molecule has 7 heteroatoms. The van der Waals surface area contributed by atoms with E-state index in [2.05, 4.69) is 6.58 Å². The van der Waals surface area contributed by atoms with Crippen LogP contribution in [0.2, 0.25) is 0 Å². The lowest BCUT2D eigenvalue weighted by Crippen LogP contribution is -2.24. The van der Waals surface area contributed by atoms with Crippen molar-refractivity contribution in [3.63, 3.8) is 0 Å². The Kier molecular flexibility index (Phi) is 3.56. The van der Waals surface area contributed by atoms with Crippen LogP contribution in [-0.2, 0) is 11.3 Å². The van der Waals surface area contributed by atoms with Gasteiger partial charge in [0, 0.05) is 5.56 Å². The van der Waals surface area contributed by atoms with Crippen LogP contribution in [0.1, 0.15) is 15.9 Å². The molecule has 1 N–H and O–H groups in total. The summed E-state index contributed by atoms with van der Waals surface area (Å²) in [5.74, 6) is -0.813.